The third-order valence-electron chi connectivity index (χ3n) is 7.55. The predicted octanol–water partition coefficient (Wildman–Crippen LogP) is 5.04. The van der Waals surface area contributed by atoms with E-state index >= 15 is 0 Å². The molecule has 0 saturated heterocycles. The fourth-order valence-corrected chi connectivity index (χ4v) is 7.12. The Morgan fingerprint density at radius 3 is 2.41 bits per heavy atom. The largest absolute Gasteiger partial charge is 0.465 e. The van der Waals surface area contributed by atoms with E-state index in [0.29, 0.717) is 30.2 Å². The highest BCUT2D eigenvalue weighted by molar-refractivity contribution is 7.98. The van der Waals surface area contributed by atoms with Crippen LogP contribution in [-0.2, 0) is 0 Å². The number of hydrogen-bond donors (Lipinski definition) is 3. The number of anilines is 1. The molecular weight excluding hydrogens is 446 g/mol. The van der Waals surface area contributed by atoms with Crippen LogP contribution in [0.4, 0.5) is 10.5 Å². The van der Waals surface area contributed by atoms with Crippen molar-refractivity contribution in [3.05, 3.63) is 28.8 Å². The molecule has 0 heterocycles. The van der Waals surface area contributed by atoms with Gasteiger partial charge in [0.25, 0.3) is 5.91 Å². The molecule has 0 aliphatic heterocycles. The van der Waals surface area contributed by atoms with Gasteiger partial charge in [-0.05, 0) is 86.1 Å². The molecule has 32 heavy (non-hydrogen) atoms. The van der Waals surface area contributed by atoms with Gasteiger partial charge in [0.1, 0.15) is 0 Å². The van der Waals surface area contributed by atoms with Crippen molar-refractivity contribution in [1.82, 2.24) is 10.2 Å². The first-order valence-corrected chi connectivity index (χ1v) is 13.4. The molecule has 0 spiro atoms. The van der Waals surface area contributed by atoms with E-state index in [2.05, 4.69) is 10.6 Å². The van der Waals surface area contributed by atoms with Gasteiger partial charge in [0, 0.05) is 37.6 Å². The molecule has 6 nitrogen and oxygen atoms in total. The van der Waals surface area contributed by atoms with E-state index in [1.807, 2.05) is 12.3 Å². The van der Waals surface area contributed by atoms with Crippen molar-refractivity contribution in [3.63, 3.8) is 0 Å². The van der Waals surface area contributed by atoms with Crippen molar-refractivity contribution in [3.8, 4) is 0 Å². The van der Waals surface area contributed by atoms with Crippen LogP contribution in [0.3, 0.4) is 0 Å². The molecule has 5 rings (SSSR count). The molecule has 8 heteroatoms. The zero-order valence-corrected chi connectivity index (χ0v) is 20.3. The summed E-state index contributed by atoms with van der Waals surface area (Å²) in [4.78, 5) is 25.7. The molecule has 4 aliphatic rings. The summed E-state index contributed by atoms with van der Waals surface area (Å²) in [6.45, 7) is 2.09. The molecule has 0 atom stereocenters. The van der Waals surface area contributed by atoms with Crippen LogP contribution in [-0.4, -0.2) is 60.2 Å². The van der Waals surface area contributed by atoms with Crippen LogP contribution in [0, 0.1) is 23.2 Å². The second-order valence-corrected chi connectivity index (χ2v) is 11.4. The second-order valence-electron chi connectivity index (χ2n) is 9.98. The fourth-order valence-electron chi connectivity index (χ4n) is 6.52. The van der Waals surface area contributed by atoms with E-state index in [1.165, 1.54) is 43.4 Å². The highest BCUT2D eigenvalue weighted by atomic mass is 35.5. The van der Waals surface area contributed by atoms with Gasteiger partial charge in [-0.1, -0.05) is 11.6 Å². The average molecular weight is 480 g/mol. The summed E-state index contributed by atoms with van der Waals surface area (Å²) in [5.74, 6) is 3.21. The highest BCUT2D eigenvalue weighted by Crippen LogP contribution is 2.59. The summed E-state index contributed by atoms with van der Waals surface area (Å²) in [6, 6.07) is 5.32. The molecular formula is C24H34ClN3O3S. The van der Waals surface area contributed by atoms with Crippen LogP contribution >= 0.6 is 23.4 Å². The standard InChI is InChI=1S/C24H34ClN3O3S/c1-32-7-6-28(23(30)31)5-4-26-19-2-3-21(25)20(11-19)22(29)27-15-24-12-16-8-17(13-24)10-18(9-16)14-24/h2-3,11,16-18,26H,4-10,12-15H2,1H3,(H,27,29)(H,30,31). The Kier molecular flexibility index (Phi) is 7.45. The van der Waals surface area contributed by atoms with Gasteiger partial charge in [-0.3, -0.25) is 4.79 Å². The first-order chi connectivity index (χ1) is 15.4. The lowest BCUT2D eigenvalue weighted by Gasteiger charge is -2.56. The molecule has 4 aliphatic carbocycles. The maximum atomic E-state index is 13.0. The molecule has 4 fully saturated rings. The normalized spacial score (nSPS) is 27.9. The van der Waals surface area contributed by atoms with Crippen LogP contribution in [0.15, 0.2) is 18.2 Å². The minimum absolute atomic E-state index is 0.124. The summed E-state index contributed by atoms with van der Waals surface area (Å²) >= 11 is 7.97. The van der Waals surface area contributed by atoms with Gasteiger partial charge in [-0.2, -0.15) is 11.8 Å². The molecule has 1 aromatic rings. The number of rotatable bonds is 10. The number of thioether (sulfide) groups is 1. The monoisotopic (exact) mass is 479 g/mol. The first-order valence-electron chi connectivity index (χ1n) is 11.7. The molecule has 1 aromatic carbocycles. The molecule has 3 N–H and O–H groups in total. The van der Waals surface area contributed by atoms with E-state index < -0.39 is 6.09 Å². The van der Waals surface area contributed by atoms with Crippen LogP contribution in [0.5, 0.6) is 0 Å². The smallest absolute Gasteiger partial charge is 0.407 e. The molecule has 4 bridgehead atoms. The van der Waals surface area contributed by atoms with Gasteiger partial charge < -0.3 is 20.6 Å². The quantitative estimate of drug-likeness (QED) is 0.438. The van der Waals surface area contributed by atoms with E-state index in [0.717, 1.165) is 35.7 Å². The Labute approximate surface area is 199 Å². The van der Waals surface area contributed by atoms with Crippen molar-refractivity contribution >= 4 is 41.1 Å². The lowest BCUT2D eigenvalue weighted by atomic mass is 9.49. The fraction of sp³-hybridized carbons (Fsp3) is 0.667. The molecule has 0 unspecified atom stereocenters. The van der Waals surface area contributed by atoms with Crippen LogP contribution in [0.25, 0.3) is 0 Å². The number of amides is 2. The molecule has 2 amide bonds. The van der Waals surface area contributed by atoms with E-state index in [9.17, 15) is 14.7 Å². The summed E-state index contributed by atoms with van der Waals surface area (Å²) < 4.78 is 0. The third-order valence-corrected chi connectivity index (χ3v) is 8.47. The number of halogens is 1. The summed E-state index contributed by atoms with van der Waals surface area (Å²) in [7, 11) is 0. The van der Waals surface area contributed by atoms with Crippen molar-refractivity contribution in [1.29, 1.82) is 0 Å². The zero-order chi connectivity index (χ0) is 22.7. The Morgan fingerprint density at radius 1 is 1.16 bits per heavy atom. The minimum atomic E-state index is -0.915. The lowest BCUT2D eigenvalue weighted by Crippen LogP contribution is -2.51. The third kappa shape index (κ3) is 5.48. The van der Waals surface area contributed by atoms with Crippen LogP contribution in [0.2, 0.25) is 5.02 Å². The van der Waals surface area contributed by atoms with Gasteiger partial charge in [0.05, 0.1) is 10.6 Å². The maximum absolute atomic E-state index is 13.0. The number of nitrogens with zero attached hydrogens (tertiary/aromatic N) is 1. The van der Waals surface area contributed by atoms with Gasteiger partial charge in [0.2, 0.25) is 0 Å². The van der Waals surface area contributed by atoms with Gasteiger partial charge >= 0.3 is 6.09 Å². The molecule has 0 aromatic heterocycles. The van der Waals surface area contributed by atoms with Crippen LogP contribution < -0.4 is 10.6 Å². The minimum Gasteiger partial charge on any atom is -0.465 e. The summed E-state index contributed by atoms with van der Waals surface area (Å²) in [5, 5.41) is 16.2. The number of carboxylic acid groups (broad SMARTS) is 1. The molecule has 4 saturated carbocycles. The second kappa shape index (κ2) is 10.1. The lowest BCUT2D eigenvalue weighted by molar-refractivity contribution is -0.0503. The number of hydrogen-bond acceptors (Lipinski definition) is 4. The zero-order valence-electron chi connectivity index (χ0n) is 18.7. The van der Waals surface area contributed by atoms with Crippen molar-refractivity contribution in [2.75, 3.05) is 43.5 Å². The van der Waals surface area contributed by atoms with E-state index in [-0.39, 0.29) is 11.3 Å². The topological polar surface area (TPSA) is 81.7 Å². The Bertz CT molecular complexity index is 814. The SMILES string of the molecule is CSCCN(CCNc1ccc(Cl)c(C(=O)NCC23CC4CC(CC(C4)C2)C3)c1)C(=O)O. The maximum Gasteiger partial charge on any atom is 0.407 e. The number of carbonyl (C=O) groups is 2. The summed E-state index contributed by atoms with van der Waals surface area (Å²) in [6.07, 6.45) is 8.99. The Hall–Kier alpha value is -1.60. The number of nitrogens with one attached hydrogen (secondary N) is 2. The Morgan fingerprint density at radius 2 is 1.81 bits per heavy atom. The number of carbonyl (C=O) groups excluding carboxylic acids is 1. The molecule has 176 valence electrons. The van der Waals surface area contributed by atoms with E-state index in [4.69, 9.17) is 11.6 Å². The van der Waals surface area contributed by atoms with Crippen molar-refractivity contribution in [2.24, 2.45) is 23.2 Å². The first kappa shape index (κ1) is 23.6. The predicted molar refractivity (Wildman–Crippen MR) is 131 cm³/mol. The van der Waals surface area contributed by atoms with Crippen LogP contribution in [0.1, 0.15) is 48.9 Å². The summed E-state index contributed by atoms with van der Waals surface area (Å²) in [5.41, 5.74) is 1.52. The van der Waals surface area contributed by atoms with Crippen molar-refractivity contribution in [2.45, 2.75) is 38.5 Å². The highest BCUT2D eigenvalue weighted by Gasteiger charge is 2.50. The van der Waals surface area contributed by atoms with E-state index in [1.54, 1.807) is 23.9 Å². The van der Waals surface area contributed by atoms with Gasteiger partial charge in [-0.15, -0.1) is 0 Å². The number of benzene rings is 1. The van der Waals surface area contributed by atoms with Gasteiger partial charge in [0.15, 0.2) is 0 Å². The average Bonchev–Trinajstić information content (AvgIpc) is 2.74. The molecule has 0 radical (unpaired) electrons. The Balaban J connectivity index is 1.32. The van der Waals surface area contributed by atoms with Gasteiger partial charge in [-0.25, -0.2) is 4.79 Å². The van der Waals surface area contributed by atoms with Crippen molar-refractivity contribution < 1.29 is 14.7 Å².